The second-order valence-corrected chi connectivity index (χ2v) is 6.84. The number of carbonyl (C=O) groups excluding carboxylic acids is 2. The number of nitrogens with zero attached hydrogens (tertiary/aromatic N) is 1. The van der Waals surface area contributed by atoms with E-state index < -0.39 is 0 Å². The third kappa shape index (κ3) is 4.57. The quantitative estimate of drug-likeness (QED) is 0.843. The standard InChI is InChI=1S/C19H28N2O3/c1-13(2)15-6-5-7-16(14(3)4)19(15)20-17(22)12-18(23)21-8-10-24-11-9-21/h5-7,13-14H,8-12H2,1-4H3,(H,20,22). The Labute approximate surface area is 144 Å². The average molecular weight is 332 g/mol. The van der Waals surface area contributed by atoms with E-state index in [0.717, 1.165) is 16.8 Å². The Morgan fingerprint density at radius 2 is 1.62 bits per heavy atom. The molecule has 2 rings (SSSR count). The van der Waals surface area contributed by atoms with Gasteiger partial charge in [0, 0.05) is 18.8 Å². The lowest BCUT2D eigenvalue weighted by Crippen LogP contribution is -2.42. The number of hydrogen-bond donors (Lipinski definition) is 1. The van der Waals surface area contributed by atoms with E-state index >= 15 is 0 Å². The molecule has 1 aromatic carbocycles. The molecule has 1 N–H and O–H groups in total. The molecule has 0 unspecified atom stereocenters. The fourth-order valence-electron chi connectivity index (χ4n) is 2.94. The highest BCUT2D eigenvalue weighted by molar-refractivity contribution is 6.04. The van der Waals surface area contributed by atoms with Crippen LogP contribution in [0.1, 0.15) is 57.1 Å². The van der Waals surface area contributed by atoms with E-state index in [-0.39, 0.29) is 18.2 Å². The minimum Gasteiger partial charge on any atom is -0.378 e. The van der Waals surface area contributed by atoms with E-state index in [9.17, 15) is 9.59 Å². The van der Waals surface area contributed by atoms with Crippen LogP contribution in [0.2, 0.25) is 0 Å². The van der Waals surface area contributed by atoms with E-state index in [0.29, 0.717) is 38.1 Å². The zero-order valence-corrected chi connectivity index (χ0v) is 15.1. The van der Waals surface area contributed by atoms with Crippen LogP contribution < -0.4 is 5.32 Å². The van der Waals surface area contributed by atoms with Crippen LogP contribution in [0, 0.1) is 0 Å². The van der Waals surface area contributed by atoms with Crippen molar-refractivity contribution in [2.24, 2.45) is 0 Å². The zero-order valence-electron chi connectivity index (χ0n) is 15.1. The van der Waals surface area contributed by atoms with E-state index in [2.05, 4.69) is 33.0 Å². The molecule has 132 valence electrons. The fraction of sp³-hybridized carbons (Fsp3) is 0.579. The van der Waals surface area contributed by atoms with Gasteiger partial charge in [0.15, 0.2) is 0 Å². The Morgan fingerprint density at radius 1 is 1.08 bits per heavy atom. The van der Waals surface area contributed by atoms with Crippen LogP contribution in [0.5, 0.6) is 0 Å². The van der Waals surface area contributed by atoms with Gasteiger partial charge in [-0.3, -0.25) is 9.59 Å². The van der Waals surface area contributed by atoms with Crippen molar-refractivity contribution in [1.82, 2.24) is 4.90 Å². The van der Waals surface area contributed by atoms with Gasteiger partial charge in [0.1, 0.15) is 6.42 Å². The summed E-state index contributed by atoms with van der Waals surface area (Å²) < 4.78 is 5.24. The number of benzene rings is 1. The van der Waals surface area contributed by atoms with Gasteiger partial charge in [-0.05, 0) is 23.0 Å². The second kappa shape index (κ2) is 8.29. The number of hydrogen-bond acceptors (Lipinski definition) is 3. The van der Waals surface area contributed by atoms with Crippen LogP contribution in [0.3, 0.4) is 0 Å². The summed E-state index contributed by atoms with van der Waals surface area (Å²) in [6.45, 7) is 10.6. The highest BCUT2D eigenvalue weighted by Crippen LogP contribution is 2.32. The molecule has 24 heavy (non-hydrogen) atoms. The van der Waals surface area contributed by atoms with E-state index in [1.807, 2.05) is 18.2 Å². The molecule has 0 saturated carbocycles. The Hall–Kier alpha value is -1.88. The summed E-state index contributed by atoms with van der Waals surface area (Å²) in [5.41, 5.74) is 3.07. The smallest absolute Gasteiger partial charge is 0.233 e. The lowest BCUT2D eigenvalue weighted by Gasteiger charge is -2.27. The molecule has 1 aliphatic heterocycles. The first-order valence-electron chi connectivity index (χ1n) is 8.68. The number of amides is 2. The molecule has 5 heteroatoms. The lowest BCUT2D eigenvalue weighted by atomic mass is 9.92. The first kappa shape index (κ1) is 18.5. The molecule has 1 aromatic rings. The maximum Gasteiger partial charge on any atom is 0.233 e. The van der Waals surface area contributed by atoms with Crippen molar-refractivity contribution < 1.29 is 14.3 Å². The van der Waals surface area contributed by atoms with Gasteiger partial charge in [0.2, 0.25) is 11.8 Å². The third-order valence-electron chi connectivity index (χ3n) is 4.31. The first-order chi connectivity index (χ1) is 11.4. The van der Waals surface area contributed by atoms with Crippen molar-refractivity contribution in [3.8, 4) is 0 Å². The molecular formula is C19H28N2O3. The van der Waals surface area contributed by atoms with E-state index in [1.165, 1.54) is 0 Å². The number of rotatable bonds is 5. The van der Waals surface area contributed by atoms with Crippen molar-refractivity contribution >= 4 is 17.5 Å². The van der Waals surface area contributed by atoms with Crippen LogP contribution in [0.4, 0.5) is 5.69 Å². The van der Waals surface area contributed by atoms with Gasteiger partial charge in [-0.1, -0.05) is 45.9 Å². The Kier molecular flexibility index (Phi) is 6.37. The van der Waals surface area contributed by atoms with Gasteiger partial charge < -0.3 is 15.0 Å². The van der Waals surface area contributed by atoms with Crippen LogP contribution >= 0.6 is 0 Å². The zero-order chi connectivity index (χ0) is 17.7. The number of nitrogens with one attached hydrogen (secondary N) is 1. The predicted octanol–water partition coefficient (Wildman–Crippen LogP) is 3.12. The molecule has 0 bridgehead atoms. The molecule has 2 amide bonds. The molecule has 1 heterocycles. The molecule has 1 aliphatic rings. The molecule has 0 spiro atoms. The number of morpholine rings is 1. The van der Waals surface area contributed by atoms with Crippen molar-refractivity contribution in [3.63, 3.8) is 0 Å². The lowest BCUT2D eigenvalue weighted by molar-refractivity contribution is -0.138. The van der Waals surface area contributed by atoms with Crippen molar-refractivity contribution in [3.05, 3.63) is 29.3 Å². The van der Waals surface area contributed by atoms with Gasteiger partial charge in [0.05, 0.1) is 13.2 Å². The minimum atomic E-state index is -0.249. The molecule has 5 nitrogen and oxygen atoms in total. The van der Waals surface area contributed by atoms with Crippen LogP contribution in [0.25, 0.3) is 0 Å². The Bertz CT molecular complexity index is 564. The monoisotopic (exact) mass is 332 g/mol. The van der Waals surface area contributed by atoms with E-state index in [1.54, 1.807) is 4.90 Å². The first-order valence-corrected chi connectivity index (χ1v) is 8.68. The summed E-state index contributed by atoms with van der Waals surface area (Å²) in [7, 11) is 0. The minimum absolute atomic E-state index is 0.121. The second-order valence-electron chi connectivity index (χ2n) is 6.84. The van der Waals surface area contributed by atoms with E-state index in [4.69, 9.17) is 4.74 Å². The Morgan fingerprint density at radius 3 is 2.12 bits per heavy atom. The maximum atomic E-state index is 12.4. The average Bonchev–Trinajstić information content (AvgIpc) is 2.55. The van der Waals surface area contributed by atoms with Crippen molar-refractivity contribution in [2.75, 3.05) is 31.6 Å². The Balaban J connectivity index is 2.11. The molecular weight excluding hydrogens is 304 g/mol. The number of para-hydroxylation sites is 1. The van der Waals surface area contributed by atoms with Gasteiger partial charge in [-0.15, -0.1) is 0 Å². The van der Waals surface area contributed by atoms with Gasteiger partial charge in [0.25, 0.3) is 0 Å². The van der Waals surface area contributed by atoms with Crippen LogP contribution in [-0.2, 0) is 14.3 Å². The fourth-order valence-corrected chi connectivity index (χ4v) is 2.94. The SMILES string of the molecule is CC(C)c1cccc(C(C)C)c1NC(=O)CC(=O)N1CCOCC1. The summed E-state index contributed by atoms with van der Waals surface area (Å²) in [6, 6.07) is 6.10. The van der Waals surface area contributed by atoms with Crippen LogP contribution in [-0.4, -0.2) is 43.0 Å². The van der Waals surface area contributed by atoms with Gasteiger partial charge in [-0.25, -0.2) is 0 Å². The molecule has 1 saturated heterocycles. The molecule has 1 fully saturated rings. The highest BCUT2D eigenvalue weighted by atomic mass is 16.5. The molecule has 0 aliphatic carbocycles. The molecule has 0 atom stereocenters. The number of ether oxygens (including phenoxy) is 1. The number of anilines is 1. The van der Waals surface area contributed by atoms with Gasteiger partial charge in [-0.2, -0.15) is 0 Å². The summed E-state index contributed by atoms with van der Waals surface area (Å²) in [6.07, 6.45) is -0.121. The normalized spacial score (nSPS) is 15.0. The largest absolute Gasteiger partial charge is 0.378 e. The summed E-state index contributed by atoms with van der Waals surface area (Å²) in [4.78, 5) is 26.4. The summed E-state index contributed by atoms with van der Waals surface area (Å²) >= 11 is 0. The maximum absolute atomic E-state index is 12.4. The third-order valence-corrected chi connectivity index (χ3v) is 4.31. The topological polar surface area (TPSA) is 58.6 Å². The van der Waals surface area contributed by atoms with Crippen molar-refractivity contribution in [1.29, 1.82) is 0 Å². The summed E-state index contributed by atoms with van der Waals surface area (Å²) in [5.74, 6) is 0.216. The van der Waals surface area contributed by atoms with Gasteiger partial charge >= 0.3 is 0 Å². The summed E-state index contributed by atoms with van der Waals surface area (Å²) in [5, 5.41) is 2.99. The highest BCUT2D eigenvalue weighted by Gasteiger charge is 2.21. The van der Waals surface area contributed by atoms with Crippen molar-refractivity contribution in [2.45, 2.75) is 46.0 Å². The number of carbonyl (C=O) groups is 2. The van der Waals surface area contributed by atoms with Crippen LogP contribution in [0.15, 0.2) is 18.2 Å². The molecule has 0 aromatic heterocycles. The molecule has 0 radical (unpaired) electrons. The predicted molar refractivity (Wildman–Crippen MR) is 95.3 cm³/mol.